The van der Waals surface area contributed by atoms with Crippen LogP contribution in [0.1, 0.15) is 23.3 Å². The molecule has 7 heteroatoms. The summed E-state index contributed by atoms with van der Waals surface area (Å²) in [6, 6.07) is 11.4. The van der Waals surface area contributed by atoms with E-state index >= 15 is 0 Å². The molecule has 0 bridgehead atoms. The molecule has 3 aromatic rings. The Balaban J connectivity index is 1.37. The minimum Gasteiger partial charge on any atom is -0.494 e. The normalized spacial score (nSPS) is 10.4. The van der Waals surface area contributed by atoms with Crippen LogP contribution in [-0.4, -0.2) is 34.0 Å². The number of carbonyl (C=O) groups is 1. The smallest absolute Gasteiger partial charge is 0.270 e. The maximum absolute atomic E-state index is 12.1. The van der Waals surface area contributed by atoms with Gasteiger partial charge in [-0.2, -0.15) is 0 Å². The average Bonchev–Trinajstić information content (AvgIpc) is 3.16. The molecule has 0 unspecified atom stereocenters. The zero-order chi connectivity index (χ0) is 17.3. The van der Waals surface area contributed by atoms with Crippen LogP contribution in [0.25, 0.3) is 10.8 Å². The van der Waals surface area contributed by atoms with E-state index in [4.69, 9.17) is 4.74 Å². The second-order valence-corrected chi connectivity index (χ2v) is 6.09. The third-order valence-electron chi connectivity index (χ3n) is 3.36. The van der Waals surface area contributed by atoms with Crippen LogP contribution in [0.3, 0.4) is 0 Å². The van der Waals surface area contributed by atoms with Crippen molar-refractivity contribution in [2.24, 2.45) is 0 Å². The summed E-state index contributed by atoms with van der Waals surface area (Å²) in [6.45, 7) is 1.22. The van der Waals surface area contributed by atoms with Crippen molar-refractivity contribution in [3.63, 3.8) is 0 Å². The molecule has 2 aromatic heterocycles. The van der Waals surface area contributed by atoms with Gasteiger partial charge >= 0.3 is 0 Å². The number of ether oxygens (including phenoxy) is 1. The maximum Gasteiger partial charge on any atom is 0.270 e. The number of benzene rings is 1. The highest BCUT2D eigenvalue weighted by atomic mass is 32.1. The lowest BCUT2D eigenvalue weighted by atomic mass is 10.3. The summed E-state index contributed by atoms with van der Waals surface area (Å²) in [7, 11) is 0. The number of unbranched alkanes of at least 4 members (excludes halogenated alkanes) is 1. The van der Waals surface area contributed by atoms with Crippen molar-refractivity contribution in [2.45, 2.75) is 12.8 Å². The predicted molar refractivity (Wildman–Crippen MR) is 96.6 cm³/mol. The standard InChI is InChI=1S/C18H18N4O2S/c23-17(15-13-25-18(22-15)16-19-10-6-11-20-16)21-9-4-5-12-24-14-7-2-1-3-8-14/h1-3,6-8,10-11,13H,4-5,9,12H2,(H,21,23). The first-order chi connectivity index (χ1) is 12.3. The van der Waals surface area contributed by atoms with Gasteiger partial charge in [0.2, 0.25) is 0 Å². The van der Waals surface area contributed by atoms with E-state index in [-0.39, 0.29) is 5.91 Å². The Labute approximate surface area is 149 Å². The monoisotopic (exact) mass is 354 g/mol. The Bertz CT molecular complexity index is 793. The van der Waals surface area contributed by atoms with Crippen LogP contribution in [0.5, 0.6) is 5.75 Å². The summed E-state index contributed by atoms with van der Waals surface area (Å²) < 4.78 is 5.61. The van der Waals surface area contributed by atoms with Crippen molar-refractivity contribution in [3.8, 4) is 16.6 Å². The van der Waals surface area contributed by atoms with Crippen LogP contribution >= 0.6 is 11.3 Å². The van der Waals surface area contributed by atoms with Gasteiger partial charge in [-0.15, -0.1) is 11.3 Å². The fraction of sp³-hybridized carbons (Fsp3) is 0.222. The van der Waals surface area contributed by atoms with Gasteiger partial charge in [0.1, 0.15) is 11.4 Å². The van der Waals surface area contributed by atoms with E-state index in [0.717, 1.165) is 18.6 Å². The van der Waals surface area contributed by atoms with Gasteiger partial charge in [-0.1, -0.05) is 18.2 Å². The molecule has 0 atom stereocenters. The predicted octanol–water partition coefficient (Wildman–Crippen LogP) is 3.19. The second kappa shape index (κ2) is 8.89. The van der Waals surface area contributed by atoms with E-state index in [2.05, 4.69) is 20.3 Å². The number of amides is 1. The molecule has 0 aliphatic heterocycles. The Morgan fingerprint density at radius 1 is 1.08 bits per heavy atom. The second-order valence-electron chi connectivity index (χ2n) is 5.23. The van der Waals surface area contributed by atoms with Gasteiger partial charge in [0.05, 0.1) is 6.61 Å². The quantitative estimate of drug-likeness (QED) is 0.629. The first-order valence-corrected chi connectivity index (χ1v) is 8.90. The average molecular weight is 354 g/mol. The van der Waals surface area contributed by atoms with Crippen LogP contribution < -0.4 is 10.1 Å². The molecule has 0 aliphatic carbocycles. The highest BCUT2D eigenvalue weighted by molar-refractivity contribution is 7.13. The third-order valence-corrected chi connectivity index (χ3v) is 4.20. The number of carbonyl (C=O) groups excluding carboxylic acids is 1. The molecule has 0 aliphatic rings. The van der Waals surface area contributed by atoms with Crippen molar-refractivity contribution >= 4 is 17.2 Å². The van der Waals surface area contributed by atoms with Crippen LogP contribution in [0.15, 0.2) is 54.2 Å². The number of hydrogen-bond acceptors (Lipinski definition) is 6. The lowest BCUT2D eigenvalue weighted by Crippen LogP contribution is -2.25. The van der Waals surface area contributed by atoms with Crippen LogP contribution in [-0.2, 0) is 0 Å². The van der Waals surface area contributed by atoms with Crippen LogP contribution in [0.2, 0.25) is 0 Å². The van der Waals surface area contributed by atoms with E-state index in [0.29, 0.717) is 29.7 Å². The number of hydrogen-bond donors (Lipinski definition) is 1. The Kier molecular flexibility index (Phi) is 6.06. The minimum atomic E-state index is -0.178. The summed E-state index contributed by atoms with van der Waals surface area (Å²) >= 11 is 1.36. The number of nitrogens with zero attached hydrogens (tertiary/aromatic N) is 3. The summed E-state index contributed by atoms with van der Waals surface area (Å²) in [5, 5.41) is 5.23. The lowest BCUT2D eigenvalue weighted by molar-refractivity contribution is 0.0948. The molecule has 25 heavy (non-hydrogen) atoms. The van der Waals surface area contributed by atoms with Crippen LogP contribution in [0, 0.1) is 0 Å². The number of aromatic nitrogens is 3. The highest BCUT2D eigenvalue weighted by Crippen LogP contribution is 2.19. The molecule has 0 saturated carbocycles. The van der Waals surface area contributed by atoms with Gasteiger partial charge in [0.25, 0.3) is 5.91 Å². The van der Waals surface area contributed by atoms with Gasteiger partial charge in [-0.05, 0) is 31.0 Å². The lowest BCUT2D eigenvalue weighted by Gasteiger charge is -2.06. The molecular formula is C18H18N4O2S. The number of nitrogens with one attached hydrogen (secondary N) is 1. The highest BCUT2D eigenvalue weighted by Gasteiger charge is 2.12. The van der Waals surface area contributed by atoms with Crippen molar-refractivity contribution in [1.82, 2.24) is 20.3 Å². The van der Waals surface area contributed by atoms with Gasteiger partial charge in [-0.25, -0.2) is 15.0 Å². The Morgan fingerprint density at radius 3 is 2.68 bits per heavy atom. The summed E-state index contributed by atoms with van der Waals surface area (Å²) in [5.41, 5.74) is 0.396. The van der Waals surface area contributed by atoms with Crippen molar-refractivity contribution < 1.29 is 9.53 Å². The molecule has 1 N–H and O–H groups in total. The summed E-state index contributed by atoms with van der Waals surface area (Å²) in [6.07, 6.45) is 5.02. The van der Waals surface area contributed by atoms with Crippen molar-refractivity contribution in [3.05, 3.63) is 59.9 Å². The van der Waals surface area contributed by atoms with Gasteiger partial charge in [-0.3, -0.25) is 4.79 Å². The maximum atomic E-state index is 12.1. The SMILES string of the molecule is O=C(NCCCCOc1ccccc1)c1csc(-c2ncccn2)n1. The fourth-order valence-electron chi connectivity index (χ4n) is 2.12. The van der Waals surface area contributed by atoms with E-state index in [1.165, 1.54) is 11.3 Å². The van der Waals surface area contributed by atoms with Gasteiger partial charge < -0.3 is 10.1 Å². The molecule has 0 saturated heterocycles. The summed E-state index contributed by atoms with van der Waals surface area (Å²) in [5.74, 6) is 1.22. The van der Waals surface area contributed by atoms with E-state index in [9.17, 15) is 4.79 Å². The first kappa shape index (κ1) is 17.0. The molecular weight excluding hydrogens is 336 g/mol. The number of rotatable bonds is 8. The summed E-state index contributed by atoms with van der Waals surface area (Å²) in [4.78, 5) is 24.7. The Morgan fingerprint density at radius 2 is 1.88 bits per heavy atom. The molecule has 1 amide bonds. The van der Waals surface area contributed by atoms with E-state index in [1.54, 1.807) is 23.8 Å². The molecule has 128 valence electrons. The molecule has 6 nitrogen and oxygen atoms in total. The minimum absolute atomic E-state index is 0.178. The van der Waals surface area contributed by atoms with Crippen molar-refractivity contribution in [2.75, 3.05) is 13.2 Å². The number of thiazole rings is 1. The van der Waals surface area contributed by atoms with Gasteiger partial charge in [0.15, 0.2) is 10.8 Å². The molecule has 0 fully saturated rings. The number of para-hydroxylation sites is 1. The fourth-order valence-corrected chi connectivity index (χ4v) is 2.86. The molecule has 3 rings (SSSR count). The first-order valence-electron chi connectivity index (χ1n) is 8.02. The van der Waals surface area contributed by atoms with E-state index in [1.807, 2.05) is 30.3 Å². The molecule has 2 heterocycles. The van der Waals surface area contributed by atoms with Crippen LogP contribution in [0.4, 0.5) is 0 Å². The zero-order valence-corrected chi connectivity index (χ0v) is 14.4. The topological polar surface area (TPSA) is 77.0 Å². The largest absolute Gasteiger partial charge is 0.494 e. The Hall–Kier alpha value is -2.80. The molecule has 0 radical (unpaired) electrons. The molecule has 0 spiro atoms. The molecule has 1 aromatic carbocycles. The third kappa shape index (κ3) is 5.09. The van der Waals surface area contributed by atoms with E-state index < -0.39 is 0 Å². The van der Waals surface area contributed by atoms with Gasteiger partial charge in [0, 0.05) is 24.3 Å². The van der Waals surface area contributed by atoms with Crippen molar-refractivity contribution in [1.29, 1.82) is 0 Å². The zero-order valence-electron chi connectivity index (χ0n) is 13.6.